The highest BCUT2D eigenvalue weighted by molar-refractivity contribution is 5.75. The molecule has 0 unspecified atom stereocenters. The van der Waals surface area contributed by atoms with E-state index < -0.39 is 0 Å². The van der Waals surface area contributed by atoms with Crippen molar-refractivity contribution in [3.8, 4) is 5.75 Å². The summed E-state index contributed by atoms with van der Waals surface area (Å²) in [5.74, 6) is 1.89. The second kappa shape index (κ2) is 10.1. The van der Waals surface area contributed by atoms with Gasteiger partial charge in [0.05, 0.1) is 36.8 Å². The minimum Gasteiger partial charge on any atom is -0.495 e. The standard InChI is InChI=1S/C23H31N5O3.C2H6/c1-15-22(30-3)13-21-19(24-15)5-4-9-27(21)23-18-14-26(16(2)29)10-6-20(18)28(25-23)17-7-11-31-12-8-17;1-2/h13,17H,4-12,14H2,1-3H3;1-2H3. The number of carbonyl (C=O) groups is 1. The molecule has 0 aliphatic carbocycles. The Hall–Kier alpha value is -2.61. The smallest absolute Gasteiger partial charge is 0.219 e. The number of hydrogen-bond donors (Lipinski definition) is 0. The Kier molecular flexibility index (Phi) is 7.22. The summed E-state index contributed by atoms with van der Waals surface area (Å²) in [4.78, 5) is 21.2. The van der Waals surface area contributed by atoms with Crippen molar-refractivity contribution < 1.29 is 14.3 Å². The molecule has 2 aromatic rings. The first-order valence-electron chi connectivity index (χ1n) is 12.3. The molecule has 3 aliphatic heterocycles. The molecule has 8 heteroatoms. The van der Waals surface area contributed by atoms with Crippen LogP contribution in [0.25, 0.3) is 0 Å². The van der Waals surface area contributed by atoms with E-state index in [0.29, 0.717) is 12.6 Å². The Morgan fingerprint density at radius 2 is 1.94 bits per heavy atom. The van der Waals surface area contributed by atoms with Crippen LogP contribution in [0.2, 0.25) is 0 Å². The molecule has 0 N–H and O–H groups in total. The van der Waals surface area contributed by atoms with E-state index in [9.17, 15) is 4.79 Å². The second-order valence-electron chi connectivity index (χ2n) is 8.72. The Bertz CT molecular complexity index is 996. The van der Waals surface area contributed by atoms with E-state index in [0.717, 1.165) is 87.1 Å². The van der Waals surface area contributed by atoms with Gasteiger partial charge >= 0.3 is 0 Å². The zero-order valence-electron chi connectivity index (χ0n) is 20.7. The van der Waals surface area contributed by atoms with Crippen LogP contribution < -0.4 is 9.64 Å². The normalized spacial score (nSPS) is 18.2. The lowest BCUT2D eigenvalue weighted by atomic mass is 10.0. The number of nitrogens with zero attached hydrogens (tertiary/aromatic N) is 5. The number of carbonyl (C=O) groups excluding carboxylic acids is 1. The fourth-order valence-electron chi connectivity index (χ4n) is 5.14. The lowest BCUT2D eigenvalue weighted by Crippen LogP contribution is -2.36. The van der Waals surface area contributed by atoms with Crippen molar-refractivity contribution in [2.45, 2.75) is 72.4 Å². The molecule has 180 valence electrons. The lowest BCUT2D eigenvalue weighted by Gasteiger charge is -2.32. The number of anilines is 2. The number of fused-ring (bicyclic) bond motifs is 2. The summed E-state index contributed by atoms with van der Waals surface area (Å²) in [5, 5.41) is 5.19. The van der Waals surface area contributed by atoms with E-state index >= 15 is 0 Å². The average molecular weight is 456 g/mol. The van der Waals surface area contributed by atoms with E-state index in [-0.39, 0.29) is 5.91 Å². The summed E-state index contributed by atoms with van der Waals surface area (Å²) < 4.78 is 13.4. The van der Waals surface area contributed by atoms with Crippen LogP contribution in [-0.4, -0.2) is 59.0 Å². The van der Waals surface area contributed by atoms with Crippen molar-refractivity contribution in [2.24, 2.45) is 0 Å². The van der Waals surface area contributed by atoms with Gasteiger partial charge in [0.2, 0.25) is 5.91 Å². The number of hydrogen-bond acceptors (Lipinski definition) is 6. The maximum atomic E-state index is 12.2. The van der Waals surface area contributed by atoms with Gasteiger partial charge in [-0.2, -0.15) is 5.10 Å². The Labute approximate surface area is 196 Å². The third-order valence-corrected chi connectivity index (χ3v) is 6.83. The molecule has 0 atom stereocenters. The number of aromatic nitrogens is 3. The lowest BCUT2D eigenvalue weighted by molar-refractivity contribution is -0.129. The first kappa shape index (κ1) is 23.5. The Morgan fingerprint density at radius 1 is 1.18 bits per heavy atom. The quantitative estimate of drug-likeness (QED) is 0.698. The van der Waals surface area contributed by atoms with Gasteiger partial charge < -0.3 is 19.3 Å². The highest BCUT2D eigenvalue weighted by Gasteiger charge is 2.33. The van der Waals surface area contributed by atoms with Gasteiger partial charge in [0.15, 0.2) is 5.82 Å². The molecule has 5 heterocycles. The van der Waals surface area contributed by atoms with Crippen molar-refractivity contribution in [1.29, 1.82) is 0 Å². The fourth-order valence-corrected chi connectivity index (χ4v) is 5.14. The van der Waals surface area contributed by atoms with Gasteiger partial charge in [-0.15, -0.1) is 0 Å². The van der Waals surface area contributed by atoms with Crippen molar-refractivity contribution in [3.05, 3.63) is 28.7 Å². The molecule has 1 fully saturated rings. The van der Waals surface area contributed by atoms with Gasteiger partial charge in [-0.25, -0.2) is 0 Å². The molecule has 8 nitrogen and oxygen atoms in total. The van der Waals surface area contributed by atoms with Crippen molar-refractivity contribution >= 4 is 17.4 Å². The SMILES string of the molecule is CC.COc1cc2c(nc1C)CCCN2c1nn(C2CCOCC2)c2c1CN(C(C)=O)CC2. The molecule has 0 bridgehead atoms. The molecule has 5 rings (SSSR count). The predicted molar refractivity (Wildman–Crippen MR) is 128 cm³/mol. The van der Waals surface area contributed by atoms with Gasteiger partial charge in [0.1, 0.15) is 5.75 Å². The summed E-state index contributed by atoms with van der Waals surface area (Å²) >= 11 is 0. The topological polar surface area (TPSA) is 72.7 Å². The number of rotatable bonds is 3. The van der Waals surface area contributed by atoms with Crippen LogP contribution in [0.5, 0.6) is 5.75 Å². The molecule has 3 aliphatic rings. The monoisotopic (exact) mass is 455 g/mol. The molecule has 33 heavy (non-hydrogen) atoms. The zero-order valence-corrected chi connectivity index (χ0v) is 20.7. The van der Waals surface area contributed by atoms with Crippen molar-refractivity contribution in [1.82, 2.24) is 19.7 Å². The number of aryl methyl sites for hydroxylation is 2. The number of pyridine rings is 1. The highest BCUT2D eigenvalue weighted by atomic mass is 16.5. The van der Waals surface area contributed by atoms with Crippen LogP contribution in [0, 0.1) is 6.92 Å². The molecule has 0 spiro atoms. The summed E-state index contributed by atoms with van der Waals surface area (Å²) in [6, 6.07) is 2.46. The van der Waals surface area contributed by atoms with E-state index in [1.165, 1.54) is 11.3 Å². The molecule has 0 radical (unpaired) electrons. The van der Waals surface area contributed by atoms with Gasteiger partial charge in [-0.1, -0.05) is 13.8 Å². The van der Waals surface area contributed by atoms with Gasteiger partial charge in [-0.05, 0) is 32.6 Å². The minimum atomic E-state index is 0.119. The third kappa shape index (κ3) is 4.45. The maximum Gasteiger partial charge on any atom is 0.219 e. The van der Waals surface area contributed by atoms with E-state index in [1.54, 1.807) is 14.0 Å². The molecule has 1 saturated heterocycles. The van der Waals surface area contributed by atoms with Crippen molar-refractivity contribution in [3.63, 3.8) is 0 Å². The number of methoxy groups -OCH3 is 1. The predicted octanol–water partition coefficient (Wildman–Crippen LogP) is 3.96. The van der Waals surface area contributed by atoms with E-state index in [1.807, 2.05) is 25.7 Å². The zero-order chi connectivity index (χ0) is 23.5. The molecule has 2 aromatic heterocycles. The molecule has 0 saturated carbocycles. The Morgan fingerprint density at radius 3 is 2.64 bits per heavy atom. The Balaban J connectivity index is 0.00000126. The van der Waals surface area contributed by atoms with E-state index in [4.69, 9.17) is 19.6 Å². The first-order valence-corrected chi connectivity index (χ1v) is 12.3. The highest BCUT2D eigenvalue weighted by Crippen LogP contribution is 2.40. The van der Waals surface area contributed by atoms with Crippen LogP contribution in [0.4, 0.5) is 11.5 Å². The number of amides is 1. The van der Waals surface area contributed by atoms with Crippen LogP contribution in [0.15, 0.2) is 6.07 Å². The summed E-state index contributed by atoms with van der Waals surface area (Å²) in [5.41, 5.74) is 5.55. The third-order valence-electron chi connectivity index (χ3n) is 6.83. The summed E-state index contributed by atoms with van der Waals surface area (Å²) in [6.45, 7) is 11.5. The number of ether oxygens (including phenoxy) is 2. The summed E-state index contributed by atoms with van der Waals surface area (Å²) in [6.07, 6.45) is 4.79. The van der Waals surface area contributed by atoms with Crippen LogP contribution in [0.3, 0.4) is 0 Å². The van der Waals surface area contributed by atoms with Gasteiger partial charge in [0, 0.05) is 57.0 Å². The first-order chi connectivity index (χ1) is 16.1. The summed E-state index contributed by atoms with van der Waals surface area (Å²) in [7, 11) is 1.69. The molecule has 0 aromatic carbocycles. The largest absolute Gasteiger partial charge is 0.495 e. The molecular formula is C25H37N5O3. The van der Waals surface area contributed by atoms with Crippen molar-refractivity contribution in [2.75, 3.05) is 38.3 Å². The molecule has 1 amide bonds. The maximum absolute atomic E-state index is 12.2. The van der Waals surface area contributed by atoms with Gasteiger partial charge in [0.25, 0.3) is 0 Å². The minimum absolute atomic E-state index is 0.119. The van der Waals surface area contributed by atoms with E-state index in [2.05, 4.69) is 15.6 Å². The van der Waals surface area contributed by atoms with Gasteiger partial charge in [-0.3, -0.25) is 14.5 Å². The van der Waals surface area contributed by atoms with Crippen LogP contribution in [-0.2, 0) is 28.9 Å². The fraction of sp³-hybridized carbons (Fsp3) is 0.640. The average Bonchev–Trinajstić information content (AvgIpc) is 3.23. The molecular weight excluding hydrogens is 418 g/mol. The second-order valence-corrected chi connectivity index (χ2v) is 8.72. The van der Waals surface area contributed by atoms with Crippen LogP contribution >= 0.6 is 0 Å². The van der Waals surface area contributed by atoms with Crippen LogP contribution in [0.1, 0.15) is 68.7 Å².